The van der Waals surface area contributed by atoms with Crippen LogP contribution in [-0.4, -0.2) is 30.8 Å². The number of ether oxygens (including phenoxy) is 3. The van der Waals surface area contributed by atoms with Crippen LogP contribution in [0.5, 0.6) is 0 Å². The monoisotopic (exact) mass is 466 g/mol. The van der Waals surface area contributed by atoms with E-state index in [4.69, 9.17) is 25.7 Å². The fourth-order valence-electron chi connectivity index (χ4n) is 3.77. The Kier molecular flexibility index (Phi) is 9.52. The Morgan fingerprint density at radius 3 is 2.38 bits per heavy atom. The van der Waals surface area contributed by atoms with Gasteiger partial charge in [-0.05, 0) is 68.0 Å². The zero-order chi connectivity index (χ0) is 24.3. The van der Waals surface area contributed by atoms with Gasteiger partial charge in [0.25, 0.3) is 0 Å². The summed E-state index contributed by atoms with van der Waals surface area (Å²) in [5.74, 6) is -0.819. The molecule has 0 aromatic heterocycles. The van der Waals surface area contributed by atoms with Gasteiger partial charge < -0.3 is 25.7 Å². The Hall–Kier alpha value is -3.32. The zero-order valence-corrected chi connectivity index (χ0v) is 19.7. The predicted octanol–water partition coefficient (Wildman–Crippen LogP) is 4.89. The molecule has 4 N–H and O–H groups in total. The molecule has 182 valence electrons. The highest BCUT2D eigenvalue weighted by atomic mass is 16.5. The van der Waals surface area contributed by atoms with E-state index in [1.165, 1.54) is 6.08 Å². The highest BCUT2D eigenvalue weighted by molar-refractivity contribution is 5.90. The van der Waals surface area contributed by atoms with E-state index in [-0.39, 0.29) is 24.8 Å². The molecule has 1 aliphatic carbocycles. The molecule has 0 spiro atoms. The molecule has 0 atom stereocenters. The van der Waals surface area contributed by atoms with E-state index in [1.807, 2.05) is 0 Å². The van der Waals surface area contributed by atoms with Gasteiger partial charge >= 0.3 is 11.9 Å². The second kappa shape index (κ2) is 12.8. The smallest absolute Gasteiger partial charge is 0.338 e. The fraction of sp³-hybridized carbons (Fsp3) is 0.407. The molecule has 0 bridgehead atoms. The Morgan fingerprint density at radius 1 is 1.00 bits per heavy atom. The van der Waals surface area contributed by atoms with Crippen molar-refractivity contribution in [1.82, 2.24) is 0 Å². The molecular formula is C27H34N2O5. The highest BCUT2D eigenvalue weighted by Crippen LogP contribution is 2.25. The van der Waals surface area contributed by atoms with Crippen LogP contribution in [0.25, 0.3) is 6.08 Å². The van der Waals surface area contributed by atoms with E-state index >= 15 is 0 Å². The number of unbranched alkanes of at least 4 members (excludes halogenated alkanes) is 1. The molecule has 3 rings (SSSR count). The van der Waals surface area contributed by atoms with Gasteiger partial charge in [0, 0.05) is 29.6 Å². The van der Waals surface area contributed by atoms with Crippen LogP contribution in [-0.2, 0) is 25.6 Å². The molecule has 0 saturated heterocycles. The highest BCUT2D eigenvalue weighted by Gasteiger charge is 2.24. The van der Waals surface area contributed by atoms with Crippen LogP contribution < -0.4 is 11.5 Å². The van der Waals surface area contributed by atoms with Crippen molar-refractivity contribution in [1.29, 1.82) is 0 Å². The van der Waals surface area contributed by atoms with Gasteiger partial charge in [0.2, 0.25) is 0 Å². The molecule has 0 unspecified atom stereocenters. The maximum absolute atomic E-state index is 12.5. The molecule has 7 heteroatoms. The molecule has 1 aliphatic rings. The number of benzene rings is 2. The van der Waals surface area contributed by atoms with Gasteiger partial charge in [-0.25, -0.2) is 9.59 Å². The van der Waals surface area contributed by atoms with Crippen LogP contribution in [0.4, 0.5) is 11.4 Å². The SMILES string of the molecule is CCCCOC1CCC(OC(=O)c2ccc(C=CC(=O)OCc3ccc(N)cc3N)cc2)CC1. The van der Waals surface area contributed by atoms with Crippen LogP contribution in [0.3, 0.4) is 0 Å². The maximum atomic E-state index is 12.5. The minimum atomic E-state index is -0.492. The lowest BCUT2D eigenvalue weighted by atomic mass is 9.95. The number of nitrogen functional groups attached to an aromatic ring is 2. The van der Waals surface area contributed by atoms with Crippen molar-refractivity contribution in [2.24, 2.45) is 0 Å². The van der Waals surface area contributed by atoms with E-state index in [2.05, 4.69) is 6.92 Å². The van der Waals surface area contributed by atoms with E-state index in [1.54, 1.807) is 48.5 Å². The second-order valence-electron chi connectivity index (χ2n) is 8.55. The van der Waals surface area contributed by atoms with Crippen LogP contribution in [0.15, 0.2) is 48.5 Å². The summed E-state index contributed by atoms with van der Waals surface area (Å²) in [7, 11) is 0. The van der Waals surface area contributed by atoms with Gasteiger partial charge in [0.15, 0.2) is 0 Å². The van der Waals surface area contributed by atoms with Crippen molar-refractivity contribution in [3.05, 3.63) is 65.2 Å². The summed E-state index contributed by atoms with van der Waals surface area (Å²) in [6.45, 7) is 3.02. The summed E-state index contributed by atoms with van der Waals surface area (Å²) < 4.78 is 16.8. The summed E-state index contributed by atoms with van der Waals surface area (Å²) in [4.78, 5) is 24.5. The molecule has 0 heterocycles. The van der Waals surface area contributed by atoms with Crippen molar-refractivity contribution in [2.75, 3.05) is 18.1 Å². The van der Waals surface area contributed by atoms with Crippen LogP contribution in [0, 0.1) is 0 Å². The lowest BCUT2D eigenvalue weighted by Gasteiger charge is -2.28. The lowest BCUT2D eigenvalue weighted by molar-refractivity contribution is -0.138. The largest absolute Gasteiger partial charge is 0.459 e. The molecule has 1 fully saturated rings. The predicted molar refractivity (Wildman–Crippen MR) is 133 cm³/mol. The molecular weight excluding hydrogens is 432 g/mol. The van der Waals surface area contributed by atoms with Crippen molar-refractivity contribution >= 4 is 29.4 Å². The molecule has 34 heavy (non-hydrogen) atoms. The number of hydrogen-bond donors (Lipinski definition) is 2. The first kappa shape index (κ1) is 25.3. The minimum absolute atomic E-state index is 0.0623. The molecule has 1 saturated carbocycles. The fourth-order valence-corrected chi connectivity index (χ4v) is 3.77. The van der Waals surface area contributed by atoms with E-state index in [0.29, 0.717) is 22.5 Å². The normalized spacial score (nSPS) is 18.0. The van der Waals surface area contributed by atoms with Crippen molar-refractivity contribution < 1.29 is 23.8 Å². The first-order chi connectivity index (χ1) is 16.4. The summed E-state index contributed by atoms with van der Waals surface area (Å²) in [5, 5.41) is 0. The van der Waals surface area contributed by atoms with Crippen molar-refractivity contribution in [3.8, 4) is 0 Å². The number of esters is 2. The average molecular weight is 467 g/mol. The quantitative estimate of drug-likeness (QED) is 0.222. The summed E-state index contributed by atoms with van der Waals surface area (Å²) in [6, 6.07) is 12.0. The molecule has 2 aromatic carbocycles. The Morgan fingerprint density at radius 2 is 1.71 bits per heavy atom. The molecule has 0 radical (unpaired) electrons. The Balaban J connectivity index is 1.42. The number of nitrogens with two attached hydrogens (primary N) is 2. The lowest BCUT2D eigenvalue weighted by Crippen LogP contribution is -2.28. The summed E-state index contributed by atoms with van der Waals surface area (Å²) in [5.41, 5.74) is 14.5. The maximum Gasteiger partial charge on any atom is 0.338 e. The van der Waals surface area contributed by atoms with Gasteiger partial charge in [-0.15, -0.1) is 0 Å². The van der Waals surface area contributed by atoms with Crippen LogP contribution in [0.2, 0.25) is 0 Å². The topological polar surface area (TPSA) is 114 Å². The third kappa shape index (κ3) is 7.92. The number of hydrogen-bond acceptors (Lipinski definition) is 7. The molecule has 7 nitrogen and oxygen atoms in total. The number of rotatable bonds is 10. The van der Waals surface area contributed by atoms with Gasteiger partial charge in [-0.2, -0.15) is 0 Å². The average Bonchev–Trinajstić information content (AvgIpc) is 2.84. The van der Waals surface area contributed by atoms with Gasteiger partial charge in [-0.3, -0.25) is 0 Å². The standard InChI is InChI=1S/C27H34N2O5/c1-2-3-16-32-23-11-13-24(14-12-23)34-27(31)20-7-4-19(5-8-20)6-15-26(30)33-18-21-9-10-22(28)17-25(21)29/h4-10,15,17,23-24H,2-3,11-14,16,18,28-29H2,1H3. The minimum Gasteiger partial charge on any atom is -0.459 e. The number of anilines is 2. The first-order valence-electron chi connectivity index (χ1n) is 11.9. The van der Waals surface area contributed by atoms with E-state index < -0.39 is 5.97 Å². The van der Waals surface area contributed by atoms with Gasteiger partial charge in [-0.1, -0.05) is 31.5 Å². The zero-order valence-electron chi connectivity index (χ0n) is 19.7. The molecule has 0 amide bonds. The number of carbonyl (C=O) groups is 2. The number of carbonyl (C=O) groups excluding carboxylic acids is 2. The third-order valence-electron chi connectivity index (χ3n) is 5.84. The van der Waals surface area contributed by atoms with E-state index in [0.717, 1.165) is 50.7 Å². The van der Waals surface area contributed by atoms with Gasteiger partial charge in [0.1, 0.15) is 12.7 Å². The summed E-state index contributed by atoms with van der Waals surface area (Å²) >= 11 is 0. The van der Waals surface area contributed by atoms with E-state index in [9.17, 15) is 9.59 Å². The van der Waals surface area contributed by atoms with Crippen LogP contribution in [0.1, 0.15) is 66.9 Å². The Labute approximate surface area is 201 Å². The summed E-state index contributed by atoms with van der Waals surface area (Å²) in [6.07, 6.45) is 8.89. The van der Waals surface area contributed by atoms with Crippen LogP contribution >= 0.6 is 0 Å². The first-order valence-corrected chi connectivity index (χ1v) is 11.9. The molecule has 0 aliphatic heterocycles. The third-order valence-corrected chi connectivity index (χ3v) is 5.84. The van der Waals surface area contributed by atoms with Gasteiger partial charge in [0.05, 0.1) is 11.7 Å². The second-order valence-corrected chi connectivity index (χ2v) is 8.55. The van der Waals surface area contributed by atoms with Crippen molar-refractivity contribution in [2.45, 2.75) is 64.3 Å². The Bertz CT molecular complexity index is 979. The van der Waals surface area contributed by atoms with Crippen molar-refractivity contribution in [3.63, 3.8) is 0 Å². The molecule has 2 aromatic rings.